The number of methoxy groups -OCH3 is 1. The molecule has 1 atom stereocenters. The van der Waals surface area contributed by atoms with Gasteiger partial charge in [0.1, 0.15) is 11.3 Å². The summed E-state index contributed by atoms with van der Waals surface area (Å²) in [7, 11) is 1.68. The summed E-state index contributed by atoms with van der Waals surface area (Å²) < 4.78 is 11.0. The van der Waals surface area contributed by atoms with Gasteiger partial charge in [0.25, 0.3) is 0 Å². The second-order valence-electron chi connectivity index (χ2n) is 9.71. The molecular weight excluding hydrogens is 392 g/mol. The average Bonchev–Trinajstić information content (AvgIpc) is 2.84. The molecule has 6 heteroatoms. The maximum absolute atomic E-state index is 14.1. The molecule has 2 heterocycles. The molecule has 172 valence electrons. The summed E-state index contributed by atoms with van der Waals surface area (Å²) in [4.78, 5) is 18.6. The van der Waals surface area contributed by atoms with Gasteiger partial charge in [-0.1, -0.05) is 31.4 Å². The number of likely N-dealkylation sites (tertiary alicyclic amines) is 1. The monoisotopic (exact) mass is 430 g/mol. The molecule has 1 aromatic rings. The molecule has 2 saturated heterocycles. The summed E-state index contributed by atoms with van der Waals surface area (Å²) in [5.41, 5.74) is 0.487. The van der Waals surface area contributed by atoms with Gasteiger partial charge in [-0.2, -0.15) is 0 Å². The summed E-state index contributed by atoms with van der Waals surface area (Å²) >= 11 is 0. The lowest BCUT2D eigenvalue weighted by Crippen LogP contribution is -2.64. The van der Waals surface area contributed by atoms with Gasteiger partial charge in [0.15, 0.2) is 0 Å². The number of benzene rings is 1. The molecule has 3 fully saturated rings. The second kappa shape index (κ2) is 9.88. The Hall–Kier alpha value is -1.63. The van der Waals surface area contributed by atoms with Crippen molar-refractivity contribution in [1.29, 1.82) is 0 Å². The maximum atomic E-state index is 14.1. The zero-order chi connectivity index (χ0) is 21.7. The van der Waals surface area contributed by atoms with Crippen LogP contribution in [0.15, 0.2) is 24.3 Å². The molecule has 0 aromatic heterocycles. The number of aliphatic hydroxyl groups excluding tert-OH is 1. The number of nitrogens with zero attached hydrogens (tertiary/aromatic N) is 2. The van der Waals surface area contributed by atoms with Gasteiger partial charge in [-0.15, -0.1) is 0 Å². The van der Waals surface area contributed by atoms with E-state index < -0.39 is 0 Å². The number of hydrogen-bond acceptors (Lipinski definition) is 5. The van der Waals surface area contributed by atoms with Crippen molar-refractivity contribution in [2.24, 2.45) is 5.41 Å². The van der Waals surface area contributed by atoms with Gasteiger partial charge in [-0.25, -0.2) is 0 Å². The van der Waals surface area contributed by atoms with Crippen molar-refractivity contribution in [2.45, 2.75) is 56.9 Å². The van der Waals surface area contributed by atoms with Gasteiger partial charge in [0.05, 0.1) is 26.9 Å². The minimum Gasteiger partial charge on any atom is -0.497 e. The van der Waals surface area contributed by atoms with E-state index in [9.17, 15) is 9.90 Å². The molecule has 2 aliphatic heterocycles. The van der Waals surface area contributed by atoms with E-state index in [1.165, 1.54) is 6.42 Å². The smallest absolute Gasteiger partial charge is 0.243 e. The van der Waals surface area contributed by atoms with Crippen molar-refractivity contribution < 1.29 is 19.4 Å². The number of aliphatic hydroxyl groups is 1. The van der Waals surface area contributed by atoms with Crippen LogP contribution in [0.4, 0.5) is 0 Å². The van der Waals surface area contributed by atoms with Crippen LogP contribution >= 0.6 is 0 Å². The predicted octanol–water partition coefficient (Wildman–Crippen LogP) is 2.87. The number of carbonyl (C=O) groups is 1. The zero-order valence-electron chi connectivity index (χ0n) is 19.0. The van der Waals surface area contributed by atoms with Crippen molar-refractivity contribution in [3.05, 3.63) is 29.8 Å². The molecule has 1 saturated carbocycles. The first-order valence-electron chi connectivity index (χ1n) is 12.0. The van der Waals surface area contributed by atoms with Crippen LogP contribution in [0.1, 0.15) is 50.5 Å². The van der Waals surface area contributed by atoms with Crippen LogP contribution in [0.5, 0.6) is 5.75 Å². The van der Waals surface area contributed by atoms with E-state index in [2.05, 4.69) is 21.9 Å². The van der Waals surface area contributed by atoms with E-state index in [-0.39, 0.29) is 23.5 Å². The first-order chi connectivity index (χ1) is 15.1. The van der Waals surface area contributed by atoms with Crippen molar-refractivity contribution in [2.75, 3.05) is 53.1 Å². The van der Waals surface area contributed by atoms with Gasteiger partial charge in [-0.3, -0.25) is 9.69 Å². The Bertz CT molecular complexity index is 743. The quantitative estimate of drug-likeness (QED) is 0.752. The lowest BCUT2D eigenvalue weighted by Gasteiger charge is -2.51. The minimum absolute atomic E-state index is 0.0958. The van der Waals surface area contributed by atoms with E-state index >= 15 is 0 Å². The third kappa shape index (κ3) is 4.76. The number of amides is 1. The van der Waals surface area contributed by atoms with Crippen molar-refractivity contribution >= 4 is 5.91 Å². The fourth-order valence-electron chi connectivity index (χ4n) is 6.01. The highest BCUT2D eigenvalue weighted by atomic mass is 16.5. The molecule has 1 aliphatic carbocycles. The Kier molecular flexibility index (Phi) is 7.19. The summed E-state index contributed by atoms with van der Waals surface area (Å²) in [6.07, 6.45) is 7.99. The van der Waals surface area contributed by atoms with Gasteiger partial charge < -0.3 is 19.5 Å². The molecule has 1 aromatic carbocycles. The summed E-state index contributed by atoms with van der Waals surface area (Å²) in [5.74, 6) is 1.13. The van der Waals surface area contributed by atoms with E-state index in [0.717, 1.165) is 75.9 Å². The highest BCUT2D eigenvalue weighted by Crippen LogP contribution is 2.40. The lowest BCUT2D eigenvalue weighted by molar-refractivity contribution is -0.155. The topological polar surface area (TPSA) is 62.2 Å². The Labute approximate surface area is 186 Å². The maximum Gasteiger partial charge on any atom is 0.243 e. The Morgan fingerprint density at radius 2 is 1.87 bits per heavy atom. The fourth-order valence-corrected chi connectivity index (χ4v) is 6.01. The molecule has 6 nitrogen and oxygen atoms in total. The molecule has 1 N–H and O–H groups in total. The van der Waals surface area contributed by atoms with Gasteiger partial charge in [0, 0.05) is 31.6 Å². The lowest BCUT2D eigenvalue weighted by atomic mass is 9.74. The normalized spacial score (nSPS) is 27.1. The van der Waals surface area contributed by atoms with Crippen LogP contribution < -0.4 is 4.74 Å². The number of hydrogen-bond donors (Lipinski definition) is 1. The van der Waals surface area contributed by atoms with Gasteiger partial charge >= 0.3 is 0 Å². The van der Waals surface area contributed by atoms with Crippen LogP contribution in [0.3, 0.4) is 0 Å². The van der Waals surface area contributed by atoms with Crippen LogP contribution in [-0.2, 0) is 16.0 Å². The van der Waals surface area contributed by atoms with Crippen molar-refractivity contribution in [1.82, 2.24) is 9.80 Å². The number of ether oxygens (including phenoxy) is 2. The molecule has 1 amide bonds. The molecule has 1 unspecified atom stereocenters. The van der Waals surface area contributed by atoms with Gasteiger partial charge in [-0.05, 0) is 49.8 Å². The molecule has 0 radical (unpaired) electrons. The standard InChI is InChI=1S/C25H38N2O4/c1-30-22-8-5-7-21(17-22)18-24(20-28)9-6-12-26(19-24)23(29)25(10-3-2-4-11-25)27-13-15-31-16-14-27/h5,7-8,17,28H,2-4,6,9-16,18-20H2,1H3. The number of piperidine rings is 1. The fraction of sp³-hybridized carbons (Fsp3) is 0.720. The molecule has 31 heavy (non-hydrogen) atoms. The Balaban J connectivity index is 1.54. The Morgan fingerprint density at radius 3 is 2.58 bits per heavy atom. The van der Waals surface area contributed by atoms with Crippen molar-refractivity contribution in [3.63, 3.8) is 0 Å². The van der Waals surface area contributed by atoms with E-state index in [1.54, 1.807) is 7.11 Å². The van der Waals surface area contributed by atoms with Crippen LogP contribution in [-0.4, -0.2) is 79.5 Å². The average molecular weight is 431 g/mol. The first kappa shape index (κ1) is 22.6. The van der Waals surface area contributed by atoms with Crippen LogP contribution in [0, 0.1) is 5.41 Å². The molecule has 0 spiro atoms. The summed E-state index contributed by atoms with van der Waals surface area (Å²) in [5, 5.41) is 10.5. The second-order valence-corrected chi connectivity index (χ2v) is 9.71. The molecule has 4 rings (SSSR count). The minimum atomic E-state index is -0.378. The number of carbonyl (C=O) groups excluding carboxylic acids is 1. The van der Waals surface area contributed by atoms with Gasteiger partial charge in [0.2, 0.25) is 5.91 Å². The Morgan fingerprint density at radius 1 is 1.10 bits per heavy atom. The largest absolute Gasteiger partial charge is 0.497 e. The van der Waals surface area contributed by atoms with Crippen molar-refractivity contribution in [3.8, 4) is 5.75 Å². The van der Waals surface area contributed by atoms with Crippen LogP contribution in [0.25, 0.3) is 0 Å². The van der Waals surface area contributed by atoms with E-state index in [1.807, 2.05) is 12.1 Å². The zero-order valence-corrected chi connectivity index (χ0v) is 19.0. The summed E-state index contributed by atoms with van der Waals surface area (Å²) in [6, 6.07) is 8.09. The third-order valence-corrected chi connectivity index (χ3v) is 7.69. The SMILES string of the molecule is COc1cccc(CC2(CO)CCCN(C(=O)C3(N4CCOCC4)CCCCC3)C2)c1. The highest BCUT2D eigenvalue weighted by Gasteiger charge is 2.49. The first-order valence-corrected chi connectivity index (χ1v) is 12.0. The highest BCUT2D eigenvalue weighted by molar-refractivity contribution is 5.86. The number of rotatable bonds is 6. The van der Waals surface area contributed by atoms with E-state index in [4.69, 9.17) is 9.47 Å². The molecule has 3 aliphatic rings. The molecule has 0 bridgehead atoms. The predicted molar refractivity (Wildman–Crippen MR) is 120 cm³/mol. The number of morpholine rings is 1. The van der Waals surface area contributed by atoms with Crippen LogP contribution in [0.2, 0.25) is 0 Å². The molecular formula is C25H38N2O4. The summed E-state index contributed by atoms with van der Waals surface area (Å²) in [6.45, 7) is 4.63. The third-order valence-electron chi connectivity index (χ3n) is 7.69. The van der Waals surface area contributed by atoms with E-state index in [0.29, 0.717) is 19.8 Å².